The Hall–Kier alpha value is -0.610. The lowest BCUT2D eigenvalue weighted by Crippen LogP contribution is -2.41. The van der Waals surface area contributed by atoms with Gasteiger partial charge in [0.15, 0.2) is 0 Å². The summed E-state index contributed by atoms with van der Waals surface area (Å²) in [5.41, 5.74) is 0. The van der Waals surface area contributed by atoms with Gasteiger partial charge in [-0.15, -0.1) is 0 Å². The van der Waals surface area contributed by atoms with Gasteiger partial charge in [-0.05, 0) is 70.6 Å². The second kappa shape index (κ2) is 7.85. The van der Waals surface area contributed by atoms with E-state index in [0.717, 1.165) is 38.3 Å². The maximum Gasteiger partial charge on any atom is 0.237 e. The number of nitrogens with zero attached hydrogens (tertiary/aromatic N) is 1. The highest BCUT2D eigenvalue weighted by Gasteiger charge is 2.21. The number of hydrogen-bond donors (Lipinski definition) is 2. The Morgan fingerprint density at radius 2 is 2.05 bits per heavy atom. The summed E-state index contributed by atoms with van der Waals surface area (Å²) in [4.78, 5) is 14.3. The van der Waals surface area contributed by atoms with E-state index in [1.165, 1.54) is 38.9 Å². The number of nitrogens with one attached hydrogen (secondary N) is 2. The molecular weight excluding hydrogens is 238 g/mol. The van der Waals surface area contributed by atoms with Gasteiger partial charge in [0.25, 0.3) is 0 Å². The molecule has 2 N–H and O–H groups in total. The second-order valence-electron chi connectivity index (χ2n) is 6.17. The predicted molar refractivity (Wildman–Crippen MR) is 78.1 cm³/mol. The minimum Gasteiger partial charge on any atom is -0.355 e. The summed E-state index contributed by atoms with van der Waals surface area (Å²) in [5.74, 6) is 1.11. The Labute approximate surface area is 117 Å². The van der Waals surface area contributed by atoms with Crippen molar-refractivity contribution in [1.29, 1.82) is 0 Å². The first-order valence-corrected chi connectivity index (χ1v) is 7.99. The normalized spacial score (nSPS) is 25.6. The van der Waals surface area contributed by atoms with Crippen LogP contribution in [0.3, 0.4) is 0 Å². The summed E-state index contributed by atoms with van der Waals surface area (Å²) in [6.07, 6.45) is 7.13. The monoisotopic (exact) mass is 267 g/mol. The molecule has 0 saturated carbocycles. The number of rotatable bonds is 6. The Bertz CT molecular complexity index is 269. The van der Waals surface area contributed by atoms with Gasteiger partial charge in [-0.1, -0.05) is 6.92 Å². The van der Waals surface area contributed by atoms with E-state index in [1.807, 2.05) is 0 Å². The summed E-state index contributed by atoms with van der Waals surface area (Å²) >= 11 is 0. The fraction of sp³-hybridized carbons (Fsp3) is 0.933. The van der Waals surface area contributed by atoms with Crippen LogP contribution in [-0.2, 0) is 4.79 Å². The average molecular weight is 267 g/mol. The van der Waals surface area contributed by atoms with Crippen molar-refractivity contribution in [2.45, 2.75) is 51.5 Å². The molecule has 19 heavy (non-hydrogen) atoms. The van der Waals surface area contributed by atoms with E-state index in [1.54, 1.807) is 0 Å². The molecule has 0 radical (unpaired) electrons. The number of amides is 1. The molecule has 0 aromatic heterocycles. The molecule has 4 nitrogen and oxygen atoms in total. The number of carbonyl (C=O) groups is 1. The number of carbonyl (C=O) groups excluding carboxylic acids is 1. The molecule has 1 amide bonds. The molecule has 0 spiro atoms. The second-order valence-corrected chi connectivity index (χ2v) is 6.17. The summed E-state index contributed by atoms with van der Waals surface area (Å²) in [5, 5.41) is 6.28. The Morgan fingerprint density at radius 3 is 2.74 bits per heavy atom. The Kier molecular flexibility index (Phi) is 6.11. The van der Waals surface area contributed by atoms with Crippen molar-refractivity contribution in [2.75, 3.05) is 32.7 Å². The first-order valence-electron chi connectivity index (χ1n) is 7.99. The van der Waals surface area contributed by atoms with E-state index in [9.17, 15) is 4.79 Å². The first kappa shape index (κ1) is 14.8. The summed E-state index contributed by atoms with van der Waals surface area (Å²) in [7, 11) is 0. The van der Waals surface area contributed by atoms with Crippen LogP contribution in [0.5, 0.6) is 0 Å². The Morgan fingerprint density at radius 1 is 1.26 bits per heavy atom. The smallest absolute Gasteiger partial charge is 0.237 e. The zero-order valence-corrected chi connectivity index (χ0v) is 12.3. The van der Waals surface area contributed by atoms with Crippen LogP contribution in [0.1, 0.15) is 45.4 Å². The third kappa shape index (κ3) is 5.11. The molecule has 0 aromatic rings. The maximum atomic E-state index is 11.8. The first-order chi connectivity index (χ1) is 9.25. The van der Waals surface area contributed by atoms with E-state index in [-0.39, 0.29) is 11.9 Å². The summed E-state index contributed by atoms with van der Waals surface area (Å²) in [6.45, 7) is 7.90. The fourth-order valence-corrected chi connectivity index (χ4v) is 2.99. The van der Waals surface area contributed by atoms with Gasteiger partial charge in [-0.2, -0.15) is 0 Å². The number of likely N-dealkylation sites (tertiary alicyclic amines) is 1. The highest BCUT2D eigenvalue weighted by atomic mass is 16.2. The van der Waals surface area contributed by atoms with Gasteiger partial charge in [0.2, 0.25) is 5.91 Å². The molecule has 2 fully saturated rings. The molecule has 110 valence electrons. The van der Waals surface area contributed by atoms with Crippen LogP contribution in [0.15, 0.2) is 0 Å². The van der Waals surface area contributed by atoms with Crippen LogP contribution in [0.2, 0.25) is 0 Å². The molecule has 0 bridgehead atoms. The number of unbranched alkanes of at least 4 members (excludes halogenated alkanes) is 1. The zero-order chi connectivity index (χ0) is 13.5. The van der Waals surface area contributed by atoms with Crippen molar-refractivity contribution >= 4 is 5.91 Å². The molecule has 1 unspecified atom stereocenters. The highest BCUT2D eigenvalue weighted by Crippen LogP contribution is 2.16. The van der Waals surface area contributed by atoms with Crippen LogP contribution < -0.4 is 10.6 Å². The zero-order valence-electron chi connectivity index (χ0n) is 12.3. The average Bonchev–Trinajstić information content (AvgIpc) is 2.94. The lowest BCUT2D eigenvalue weighted by Gasteiger charge is -2.30. The third-order valence-electron chi connectivity index (χ3n) is 4.45. The minimum absolute atomic E-state index is 0.0728. The van der Waals surface area contributed by atoms with Crippen molar-refractivity contribution in [1.82, 2.24) is 15.5 Å². The SMILES string of the molecule is CC1CCN(CCCCNC(=O)C2CCCN2)CC1. The lowest BCUT2D eigenvalue weighted by atomic mass is 9.99. The molecule has 2 aliphatic heterocycles. The van der Waals surface area contributed by atoms with Crippen LogP contribution in [-0.4, -0.2) is 49.6 Å². The molecular formula is C15H29N3O. The molecule has 0 aromatic carbocycles. The number of hydrogen-bond acceptors (Lipinski definition) is 3. The third-order valence-corrected chi connectivity index (χ3v) is 4.45. The summed E-state index contributed by atoms with van der Waals surface area (Å²) < 4.78 is 0. The molecule has 2 heterocycles. The molecule has 2 aliphatic rings. The molecule has 2 rings (SSSR count). The van der Waals surface area contributed by atoms with Crippen LogP contribution >= 0.6 is 0 Å². The topological polar surface area (TPSA) is 44.4 Å². The van der Waals surface area contributed by atoms with Gasteiger partial charge in [0, 0.05) is 6.54 Å². The fourth-order valence-electron chi connectivity index (χ4n) is 2.99. The van der Waals surface area contributed by atoms with Crippen LogP contribution in [0.4, 0.5) is 0 Å². The van der Waals surface area contributed by atoms with E-state index < -0.39 is 0 Å². The standard InChI is InChI=1S/C15H29N3O/c1-13-6-11-18(12-7-13)10-3-2-8-17-15(19)14-5-4-9-16-14/h13-14,16H,2-12H2,1H3,(H,17,19). The molecule has 2 saturated heterocycles. The van der Waals surface area contributed by atoms with Crippen molar-refractivity contribution < 1.29 is 4.79 Å². The molecule has 4 heteroatoms. The predicted octanol–water partition coefficient (Wildman–Crippen LogP) is 1.37. The van der Waals surface area contributed by atoms with Gasteiger partial charge in [-0.3, -0.25) is 4.79 Å². The summed E-state index contributed by atoms with van der Waals surface area (Å²) in [6, 6.07) is 0.0728. The largest absolute Gasteiger partial charge is 0.355 e. The van der Waals surface area contributed by atoms with Gasteiger partial charge < -0.3 is 15.5 Å². The van der Waals surface area contributed by atoms with Gasteiger partial charge in [0.1, 0.15) is 0 Å². The molecule has 0 aliphatic carbocycles. The quantitative estimate of drug-likeness (QED) is 0.714. The van der Waals surface area contributed by atoms with Crippen molar-refractivity contribution in [3.63, 3.8) is 0 Å². The highest BCUT2D eigenvalue weighted by molar-refractivity contribution is 5.81. The number of piperidine rings is 1. The lowest BCUT2D eigenvalue weighted by molar-refractivity contribution is -0.122. The van der Waals surface area contributed by atoms with Crippen molar-refractivity contribution in [2.24, 2.45) is 5.92 Å². The van der Waals surface area contributed by atoms with Crippen molar-refractivity contribution in [3.05, 3.63) is 0 Å². The maximum absolute atomic E-state index is 11.8. The van der Waals surface area contributed by atoms with E-state index in [4.69, 9.17) is 0 Å². The van der Waals surface area contributed by atoms with Gasteiger partial charge in [-0.25, -0.2) is 0 Å². The van der Waals surface area contributed by atoms with E-state index in [0.29, 0.717) is 0 Å². The van der Waals surface area contributed by atoms with Gasteiger partial charge >= 0.3 is 0 Å². The molecule has 1 atom stereocenters. The van der Waals surface area contributed by atoms with E-state index in [2.05, 4.69) is 22.5 Å². The van der Waals surface area contributed by atoms with Crippen LogP contribution in [0.25, 0.3) is 0 Å². The van der Waals surface area contributed by atoms with Crippen molar-refractivity contribution in [3.8, 4) is 0 Å². The van der Waals surface area contributed by atoms with Gasteiger partial charge in [0.05, 0.1) is 6.04 Å². The van der Waals surface area contributed by atoms with E-state index >= 15 is 0 Å². The minimum atomic E-state index is 0.0728. The Balaban J connectivity index is 1.46. The van der Waals surface area contributed by atoms with Crippen LogP contribution in [0, 0.1) is 5.92 Å².